The van der Waals surface area contributed by atoms with E-state index in [0.717, 1.165) is 6.42 Å². The molecule has 0 aromatic heterocycles. The number of carbonyl (C=O) groups excluding carboxylic acids is 2. The number of amides is 1. The van der Waals surface area contributed by atoms with Crippen LogP contribution in [0, 0.1) is 5.92 Å². The van der Waals surface area contributed by atoms with E-state index in [2.05, 4.69) is 11.1 Å². The SMILES string of the molecule is CCOC(=O)CCCOc1cc2c(cc1O)C(=O)N1C3C=CC=CC3C[C@H]1C=N2. The van der Waals surface area contributed by atoms with Crippen molar-refractivity contribution < 1.29 is 24.2 Å². The fourth-order valence-electron chi connectivity index (χ4n) is 4.08. The highest BCUT2D eigenvalue weighted by Gasteiger charge is 2.43. The van der Waals surface area contributed by atoms with E-state index in [-0.39, 0.29) is 54.4 Å². The van der Waals surface area contributed by atoms with Crippen LogP contribution >= 0.6 is 0 Å². The molecule has 29 heavy (non-hydrogen) atoms. The summed E-state index contributed by atoms with van der Waals surface area (Å²) < 4.78 is 10.5. The number of fused-ring (bicyclic) bond motifs is 4. The van der Waals surface area contributed by atoms with Gasteiger partial charge in [0.25, 0.3) is 5.91 Å². The zero-order valence-corrected chi connectivity index (χ0v) is 16.3. The summed E-state index contributed by atoms with van der Waals surface area (Å²) in [6.07, 6.45) is 11.5. The molecule has 4 rings (SSSR count). The molecule has 0 radical (unpaired) electrons. The van der Waals surface area contributed by atoms with Crippen molar-refractivity contribution in [1.29, 1.82) is 0 Å². The molecule has 1 amide bonds. The molecule has 0 spiro atoms. The number of allylic oxidation sites excluding steroid dienone is 2. The van der Waals surface area contributed by atoms with Gasteiger partial charge < -0.3 is 19.5 Å². The maximum absolute atomic E-state index is 13.2. The van der Waals surface area contributed by atoms with Gasteiger partial charge in [0.05, 0.1) is 36.5 Å². The van der Waals surface area contributed by atoms with Crippen LogP contribution in [0.1, 0.15) is 36.5 Å². The fourth-order valence-corrected chi connectivity index (χ4v) is 4.08. The predicted molar refractivity (Wildman–Crippen MR) is 108 cm³/mol. The highest BCUT2D eigenvalue weighted by molar-refractivity contribution is 6.04. The second-order valence-corrected chi connectivity index (χ2v) is 7.31. The van der Waals surface area contributed by atoms with Gasteiger partial charge in [-0.2, -0.15) is 0 Å². The van der Waals surface area contributed by atoms with Crippen molar-refractivity contribution in [2.75, 3.05) is 13.2 Å². The summed E-state index contributed by atoms with van der Waals surface area (Å²) in [5.74, 6) is 0.00863. The third kappa shape index (κ3) is 3.77. The minimum absolute atomic E-state index is 0.0100. The van der Waals surface area contributed by atoms with Crippen LogP contribution in [0.4, 0.5) is 5.69 Å². The van der Waals surface area contributed by atoms with Gasteiger partial charge in [0.2, 0.25) is 0 Å². The van der Waals surface area contributed by atoms with Gasteiger partial charge in [-0.05, 0) is 25.8 Å². The Balaban J connectivity index is 1.49. The Bertz CT molecular complexity index is 905. The minimum atomic E-state index is -0.275. The molecular formula is C22H24N2O5. The maximum atomic E-state index is 13.2. The third-order valence-electron chi connectivity index (χ3n) is 5.42. The number of carbonyl (C=O) groups is 2. The third-order valence-corrected chi connectivity index (χ3v) is 5.42. The number of rotatable bonds is 6. The molecule has 1 aromatic rings. The number of phenols is 1. The van der Waals surface area contributed by atoms with Crippen molar-refractivity contribution >= 4 is 23.8 Å². The van der Waals surface area contributed by atoms with Crippen LogP contribution in [-0.2, 0) is 9.53 Å². The predicted octanol–water partition coefficient (Wildman–Crippen LogP) is 3.16. The smallest absolute Gasteiger partial charge is 0.305 e. The van der Waals surface area contributed by atoms with Crippen molar-refractivity contribution in [3.05, 3.63) is 42.0 Å². The number of hydrogen-bond donors (Lipinski definition) is 1. The van der Waals surface area contributed by atoms with Gasteiger partial charge in [-0.25, -0.2) is 0 Å². The van der Waals surface area contributed by atoms with Crippen LogP contribution in [0.3, 0.4) is 0 Å². The molecule has 3 atom stereocenters. The molecule has 2 aliphatic heterocycles. The number of aromatic hydroxyl groups is 1. The summed E-state index contributed by atoms with van der Waals surface area (Å²) in [6.45, 7) is 2.36. The molecular weight excluding hydrogens is 372 g/mol. The standard InChI is InChI=1S/C22H24N2O5/c1-2-28-21(26)8-5-9-29-20-12-17-16(11-19(20)25)22(27)24-15(13-23-17)10-14-6-3-4-7-18(14)24/h3-4,6-7,11-15,18,25H,2,5,8-10H2,1H3/t14?,15-,18?/m0/s1. The second kappa shape index (κ2) is 8.11. The van der Waals surface area contributed by atoms with Gasteiger partial charge in [-0.1, -0.05) is 24.3 Å². The van der Waals surface area contributed by atoms with Gasteiger partial charge in [0, 0.05) is 24.6 Å². The van der Waals surface area contributed by atoms with Crippen LogP contribution in [0.15, 0.2) is 41.4 Å². The summed E-state index contributed by atoms with van der Waals surface area (Å²) >= 11 is 0. The van der Waals surface area contributed by atoms with Crippen LogP contribution in [0.25, 0.3) is 0 Å². The van der Waals surface area contributed by atoms with Crippen LogP contribution in [0.5, 0.6) is 11.5 Å². The minimum Gasteiger partial charge on any atom is -0.504 e. The Morgan fingerprint density at radius 1 is 1.31 bits per heavy atom. The summed E-state index contributed by atoms with van der Waals surface area (Å²) in [5, 5.41) is 10.4. The average Bonchev–Trinajstić information content (AvgIpc) is 3.03. The first-order chi connectivity index (χ1) is 14.1. The van der Waals surface area contributed by atoms with Crippen molar-refractivity contribution in [3.63, 3.8) is 0 Å². The van der Waals surface area contributed by atoms with Crippen LogP contribution in [-0.4, -0.2) is 53.4 Å². The zero-order chi connectivity index (χ0) is 20.4. The number of phenolic OH excluding ortho intramolecular Hbond substituents is 1. The lowest BCUT2D eigenvalue weighted by Gasteiger charge is -2.28. The lowest BCUT2D eigenvalue weighted by atomic mass is 9.95. The lowest BCUT2D eigenvalue weighted by Crippen LogP contribution is -2.41. The summed E-state index contributed by atoms with van der Waals surface area (Å²) in [4.78, 5) is 31.0. The highest BCUT2D eigenvalue weighted by atomic mass is 16.5. The monoisotopic (exact) mass is 396 g/mol. The first kappa shape index (κ1) is 19.2. The van der Waals surface area contributed by atoms with Gasteiger partial charge in [-0.15, -0.1) is 0 Å². The van der Waals surface area contributed by atoms with E-state index in [1.54, 1.807) is 13.0 Å². The van der Waals surface area contributed by atoms with Gasteiger partial charge in [-0.3, -0.25) is 14.6 Å². The lowest BCUT2D eigenvalue weighted by molar-refractivity contribution is -0.143. The second-order valence-electron chi connectivity index (χ2n) is 7.31. The number of esters is 1. The van der Waals surface area contributed by atoms with Crippen LogP contribution < -0.4 is 4.74 Å². The Labute approximate surface area is 169 Å². The summed E-state index contributed by atoms with van der Waals surface area (Å²) in [5.41, 5.74) is 0.846. The van der Waals surface area contributed by atoms with Crippen molar-refractivity contribution in [3.8, 4) is 11.5 Å². The van der Waals surface area contributed by atoms with Crippen molar-refractivity contribution in [2.45, 2.75) is 38.3 Å². The molecule has 0 bridgehead atoms. The average molecular weight is 396 g/mol. The molecule has 1 saturated heterocycles. The first-order valence-electron chi connectivity index (χ1n) is 9.95. The summed E-state index contributed by atoms with van der Waals surface area (Å²) in [6, 6.07) is 2.94. The molecule has 0 saturated carbocycles. The van der Waals surface area contributed by atoms with Gasteiger partial charge in [0.15, 0.2) is 11.5 Å². The number of hydrogen-bond acceptors (Lipinski definition) is 6. The maximum Gasteiger partial charge on any atom is 0.305 e. The van der Waals surface area contributed by atoms with E-state index in [9.17, 15) is 14.7 Å². The molecule has 2 unspecified atom stereocenters. The Morgan fingerprint density at radius 2 is 2.14 bits per heavy atom. The molecule has 3 aliphatic rings. The molecule has 2 heterocycles. The number of nitrogens with zero attached hydrogens (tertiary/aromatic N) is 2. The van der Waals surface area contributed by atoms with Crippen molar-refractivity contribution in [1.82, 2.24) is 4.90 Å². The Kier molecular flexibility index (Phi) is 5.38. The van der Waals surface area contributed by atoms with E-state index < -0.39 is 0 Å². The molecule has 152 valence electrons. The number of benzene rings is 1. The summed E-state index contributed by atoms with van der Waals surface area (Å²) in [7, 11) is 0. The molecule has 7 nitrogen and oxygen atoms in total. The molecule has 1 fully saturated rings. The molecule has 7 heteroatoms. The normalized spacial score (nSPS) is 24.0. The first-order valence-corrected chi connectivity index (χ1v) is 9.95. The topological polar surface area (TPSA) is 88.4 Å². The van der Waals surface area contributed by atoms with E-state index in [1.807, 2.05) is 29.3 Å². The van der Waals surface area contributed by atoms with Crippen molar-refractivity contribution in [2.24, 2.45) is 10.9 Å². The fraction of sp³-hybridized carbons (Fsp3) is 0.409. The number of ether oxygens (including phenoxy) is 2. The molecule has 1 aromatic carbocycles. The van der Waals surface area contributed by atoms with E-state index in [1.165, 1.54) is 6.07 Å². The molecule has 1 N–H and O–H groups in total. The number of aliphatic imine (C=N–C) groups is 1. The van der Waals surface area contributed by atoms with E-state index >= 15 is 0 Å². The Hall–Kier alpha value is -3.09. The highest BCUT2D eigenvalue weighted by Crippen LogP contribution is 2.41. The quantitative estimate of drug-likeness (QED) is 0.589. The van der Waals surface area contributed by atoms with Gasteiger partial charge >= 0.3 is 5.97 Å². The molecule has 1 aliphatic carbocycles. The van der Waals surface area contributed by atoms with E-state index in [4.69, 9.17) is 9.47 Å². The zero-order valence-electron chi connectivity index (χ0n) is 16.3. The Morgan fingerprint density at radius 3 is 2.97 bits per heavy atom. The largest absolute Gasteiger partial charge is 0.504 e. The van der Waals surface area contributed by atoms with Gasteiger partial charge in [0.1, 0.15) is 0 Å². The van der Waals surface area contributed by atoms with Crippen LogP contribution in [0.2, 0.25) is 0 Å². The van der Waals surface area contributed by atoms with E-state index in [0.29, 0.717) is 24.3 Å².